The molecule has 0 bridgehead atoms. The molecule has 19 heavy (non-hydrogen) atoms. The summed E-state index contributed by atoms with van der Waals surface area (Å²) in [6.45, 7) is 3.21. The molecule has 0 aliphatic carbocycles. The van der Waals surface area contributed by atoms with E-state index in [1.54, 1.807) is 12.1 Å². The normalized spacial score (nSPS) is 11.3. The van der Waals surface area contributed by atoms with Gasteiger partial charge in [0.05, 0.1) is 6.10 Å². The Hall–Kier alpha value is -1.71. The number of hydrogen-bond donors (Lipinski definition) is 2. The lowest BCUT2D eigenvalue weighted by Crippen LogP contribution is -2.20. The molecular weight excluding hydrogens is 241 g/mol. The van der Waals surface area contributed by atoms with Gasteiger partial charge in [0.15, 0.2) is 0 Å². The van der Waals surface area contributed by atoms with Crippen LogP contribution in [-0.4, -0.2) is 18.2 Å². The smallest absolute Gasteiger partial charge is 0.123 e. The van der Waals surface area contributed by atoms with Crippen LogP contribution in [-0.2, 0) is 0 Å². The topological polar surface area (TPSA) is 32.3 Å². The van der Waals surface area contributed by atoms with E-state index >= 15 is 0 Å². The Kier molecular flexibility index (Phi) is 7.47. The van der Waals surface area contributed by atoms with Crippen LogP contribution in [0.5, 0.6) is 0 Å². The third kappa shape index (κ3) is 6.70. The zero-order valence-electron chi connectivity index (χ0n) is 11.1. The molecule has 0 fully saturated rings. The Bertz CT molecular complexity index is 421. The van der Waals surface area contributed by atoms with Gasteiger partial charge in [-0.2, -0.15) is 0 Å². The second-order valence-corrected chi connectivity index (χ2v) is 4.03. The summed E-state index contributed by atoms with van der Waals surface area (Å²) in [4.78, 5) is 0. The largest absolute Gasteiger partial charge is 0.387 e. The van der Waals surface area contributed by atoms with Gasteiger partial charge in [-0.05, 0) is 24.2 Å². The third-order valence-corrected chi connectivity index (χ3v) is 2.49. The van der Waals surface area contributed by atoms with Crippen molar-refractivity contribution in [2.24, 2.45) is 0 Å². The molecule has 0 saturated carbocycles. The van der Waals surface area contributed by atoms with Gasteiger partial charge in [0.1, 0.15) is 5.82 Å². The molecule has 2 aromatic carbocycles. The molecule has 0 saturated heterocycles. The minimum absolute atomic E-state index is 0.312. The molecule has 0 amide bonds. The monoisotopic (exact) mass is 261 g/mol. The average molecular weight is 261 g/mol. The minimum Gasteiger partial charge on any atom is -0.387 e. The maximum absolute atomic E-state index is 12.7. The van der Waals surface area contributed by atoms with E-state index in [9.17, 15) is 9.50 Å². The summed E-state index contributed by atoms with van der Waals surface area (Å²) in [5, 5.41) is 12.5. The Morgan fingerprint density at radius 2 is 1.63 bits per heavy atom. The number of aliphatic hydroxyl groups is 1. The highest BCUT2D eigenvalue weighted by Crippen LogP contribution is 2.12. The van der Waals surface area contributed by atoms with Gasteiger partial charge in [0.2, 0.25) is 0 Å². The van der Waals surface area contributed by atoms with Crippen molar-refractivity contribution < 1.29 is 9.50 Å². The predicted octanol–water partition coefficient (Wildman–Crippen LogP) is 3.16. The summed E-state index contributed by atoms with van der Waals surface area (Å²) < 4.78 is 12.7. The van der Waals surface area contributed by atoms with Gasteiger partial charge in [0.25, 0.3) is 0 Å². The number of likely N-dealkylation sites (N-methyl/N-ethyl adjacent to an activating group) is 1. The molecular formula is C16H20FNO. The Labute approximate surface area is 113 Å². The van der Waals surface area contributed by atoms with Crippen LogP contribution in [0.1, 0.15) is 18.6 Å². The van der Waals surface area contributed by atoms with Gasteiger partial charge in [0, 0.05) is 6.54 Å². The molecule has 0 spiro atoms. The van der Waals surface area contributed by atoms with Gasteiger partial charge >= 0.3 is 0 Å². The van der Waals surface area contributed by atoms with Crippen LogP contribution < -0.4 is 5.32 Å². The molecule has 0 radical (unpaired) electrons. The molecule has 1 atom stereocenters. The van der Waals surface area contributed by atoms with E-state index in [2.05, 4.69) is 5.32 Å². The molecule has 2 aromatic rings. The number of halogens is 1. The zero-order chi connectivity index (χ0) is 13.9. The van der Waals surface area contributed by atoms with Gasteiger partial charge in [-0.3, -0.25) is 0 Å². The van der Waals surface area contributed by atoms with Gasteiger partial charge in [-0.15, -0.1) is 0 Å². The Morgan fingerprint density at radius 3 is 2.11 bits per heavy atom. The van der Waals surface area contributed by atoms with Crippen molar-refractivity contribution >= 4 is 0 Å². The van der Waals surface area contributed by atoms with Crippen molar-refractivity contribution in [3.63, 3.8) is 0 Å². The summed E-state index contributed by atoms with van der Waals surface area (Å²) in [6, 6.07) is 18.0. The van der Waals surface area contributed by atoms with Crippen molar-refractivity contribution in [2.45, 2.75) is 13.0 Å². The third-order valence-electron chi connectivity index (χ3n) is 2.49. The average Bonchev–Trinajstić information content (AvgIpc) is 2.47. The minimum atomic E-state index is -0.629. The molecule has 0 unspecified atom stereocenters. The molecule has 3 heteroatoms. The van der Waals surface area contributed by atoms with Crippen LogP contribution in [0.15, 0.2) is 60.7 Å². The van der Waals surface area contributed by atoms with Crippen LogP contribution in [0, 0.1) is 5.82 Å². The number of hydrogen-bond acceptors (Lipinski definition) is 2. The second-order valence-electron chi connectivity index (χ2n) is 4.03. The van der Waals surface area contributed by atoms with Crippen molar-refractivity contribution in [1.29, 1.82) is 0 Å². The summed E-state index contributed by atoms with van der Waals surface area (Å²) >= 11 is 0. The molecule has 2 nitrogen and oxygen atoms in total. The highest BCUT2D eigenvalue weighted by atomic mass is 19.1. The quantitative estimate of drug-likeness (QED) is 0.886. The first-order chi connectivity index (χ1) is 9.24. The molecule has 2 rings (SSSR count). The fourth-order valence-electron chi connectivity index (χ4n) is 1.50. The zero-order valence-corrected chi connectivity index (χ0v) is 11.1. The van der Waals surface area contributed by atoms with E-state index in [0.29, 0.717) is 12.1 Å². The number of nitrogens with one attached hydrogen (secondary N) is 1. The van der Waals surface area contributed by atoms with Crippen molar-refractivity contribution in [2.75, 3.05) is 13.1 Å². The van der Waals surface area contributed by atoms with Crippen LogP contribution in [0.4, 0.5) is 4.39 Å². The first-order valence-electron chi connectivity index (χ1n) is 6.38. The Morgan fingerprint density at radius 1 is 1.05 bits per heavy atom. The lowest BCUT2D eigenvalue weighted by Gasteiger charge is -2.10. The van der Waals surface area contributed by atoms with Crippen molar-refractivity contribution in [3.05, 3.63) is 72.0 Å². The SMILES string of the molecule is CCNC[C@H](O)c1cccc(F)c1.c1ccccc1. The summed E-state index contributed by atoms with van der Waals surface area (Å²) in [5.41, 5.74) is 0.612. The van der Waals surface area contributed by atoms with E-state index in [0.717, 1.165) is 6.54 Å². The lowest BCUT2D eigenvalue weighted by molar-refractivity contribution is 0.175. The van der Waals surface area contributed by atoms with Crippen LogP contribution in [0.25, 0.3) is 0 Å². The second kappa shape index (κ2) is 9.25. The van der Waals surface area contributed by atoms with E-state index in [1.165, 1.54) is 12.1 Å². The van der Waals surface area contributed by atoms with E-state index in [-0.39, 0.29) is 5.82 Å². The molecule has 102 valence electrons. The summed E-state index contributed by atoms with van der Waals surface area (Å²) in [6.07, 6.45) is -0.629. The summed E-state index contributed by atoms with van der Waals surface area (Å²) in [7, 11) is 0. The van der Waals surface area contributed by atoms with Crippen molar-refractivity contribution in [1.82, 2.24) is 5.32 Å². The maximum Gasteiger partial charge on any atom is 0.123 e. The summed E-state index contributed by atoms with van der Waals surface area (Å²) in [5.74, 6) is -0.312. The van der Waals surface area contributed by atoms with E-state index in [1.807, 2.05) is 43.3 Å². The molecule has 0 aliphatic rings. The molecule has 0 aliphatic heterocycles. The van der Waals surface area contributed by atoms with E-state index < -0.39 is 6.10 Å². The van der Waals surface area contributed by atoms with Gasteiger partial charge in [-0.1, -0.05) is 55.5 Å². The fourth-order valence-corrected chi connectivity index (χ4v) is 1.50. The van der Waals surface area contributed by atoms with Gasteiger partial charge < -0.3 is 10.4 Å². The van der Waals surface area contributed by atoms with Gasteiger partial charge in [-0.25, -0.2) is 4.39 Å². The first-order valence-corrected chi connectivity index (χ1v) is 6.38. The van der Waals surface area contributed by atoms with E-state index in [4.69, 9.17) is 0 Å². The standard InChI is InChI=1S/C10H14FNO.C6H6/c1-2-12-7-10(13)8-4-3-5-9(11)6-8;1-2-4-6-5-3-1/h3-6,10,12-13H,2,7H2,1H3;1-6H/t10-;/m0./s1. The predicted molar refractivity (Wildman–Crippen MR) is 76.3 cm³/mol. The van der Waals surface area contributed by atoms with Crippen molar-refractivity contribution in [3.8, 4) is 0 Å². The molecule has 2 N–H and O–H groups in total. The highest BCUT2D eigenvalue weighted by molar-refractivity contribution is 5.18. The number of benzene rings is 2. The number of aliphatic hydroxyl groups excluding tert-OH is 1. The Balaban J connectivity index is 0.000000250. The lowest BCUT2D eigenvalue weighted by atomic mass is 10.1. The molecule has 0 heterocycles. The first kappa shape index (κ1) is 15.3. The van der Waals surface area contributed by atoms with Crippen LogP contribution in [0.2, 0.25) is 0 Å². The number of rotatable bonds is 4. The maximum atomic E-state index is 12.7. The van der Waals surface area contributed by atoms with Crippen LogP contribution in [0.3, 0.4) is 0 Å². The molecule has 0 aromatic heterocycles. The van der Waals surface area contributed by atoms with Crippen LogP contribution >= 0.6 is 0 Å². The highest BCUT2D eigenvalue weighted by Gasteiger charge is 2.06. The fraction of sp³-hybridized carbons (Fsp3) is 0.250.